The number of benzene rings is 2. The number of aromatic hydroxyl groups is 2. The zero-order chi connectivity index (χ0) is 17.8. The zero-order valence-corrected chi connectivity index (χ0v) is 13.2. The molecule has 0 amide bonds. The summed E-state index contributed by atoms with van der Waals surface area (Å²) in [5.74, 6) is -0.226. The van der Waals surface area contributed by atoms with E-state index >= 15 is 0 Å². The van der Waals surface area contributed by atoms with E-state index in [9.17, 15) is 15.0 Å². The van der Waals surface area contributed by atoms with Crippen LogP contribution in [0.5, 0.6) is 17.2 Å². The maximum absolute atomic E-state index is 11.9. The van der Waals surface area contributed by atoms with Gasteiger partial charge in [0.15, 0.2) is 6.61 Å². The highest BCUT2D eigenvalue weighted by Gasteiger charge is 2.15. The van der Waals surface area contributed by atoms with Crippen LogP contribution in [0.2, 0.25) is 0 Å². The third kappa shape index (κ3) is 3.69. The SMILES string of the molecule is COc1ccc(-c2nnc(COC(=O)c3ccc(O)cc3O)o2)cc1. The third-order valence-electron chi connectivity index (χ3n) is 3.33. The number of esters is 1. The van der Waals surface area contributed by atoms with Gasteiger partial charge in [0.05, 0.1) is 7.11 Å². The lowest BCUT2D eigenvalue weighted by atomic mass is 10.2. The van der Waals surface area contributed by atoms with Crippen molar-refractivity contribution in [2.24, 2.45) is 0 Å². The van der Waals surface area contributed by atoms with Crippen molar-refractivity contribution in [3.8, 4) is 28.7 Å². The van der Waals surface area contributed by atoms with Gasteiger partial charge in [0, 0.05) is 11.6 Å². The lowest BCUT2D eigenvalue weighted by Crippen LogP contribution is -2.05. The molecule has 0 saturated heterocycles. The molecule has 8 heteroatoms. The van der Waals surface area contributed by atoms with Crippen LogP contribution < -0.4 is 4.74 Å². The summed E-state index contributed by atoms with van der Waals surface area (Å²) in [5, 5.41) is 26.6. The van der Waals surface area contributed by atoms with Gasteiger partial charge in [0.25, 0.3) is 5.89 Å². The summed E-state index contributed by atoms with van der Waals surface area (Å²) in [6, 6.07) is 10.6. The zero-order valence-electron chi connectivity index (χ0n) is 13.2. The number of aromatic nitrogens is 2. The highest BCUT2D eigenvalue weighted by atomic mass is 16.5. The second-order valence-corrected chi connectivity index (χ2v) is 5.01. The summed E-state index contributed by atoms with van der Waals surface area (Å²) in [6.07, 6.45) is 0. The van der Waals surface area contributed by atoms with E-state index in [2.05, 4.69) is 10.2 Å². The standard InChI is InChI=1S/C17H14N2O6/c1-23-12-5-2-10(3-6-12)16-19-18-15(25-16)9-24-17(22)13-7-4-11(20)8-14(13)21/h2-8,20-21H,9H2,1H3. The number of methoxy groups -OCH3 is 1. The van der Waals surface area contributed by atoms with Crippen molar-refractivity contribution < 1.29 is 28.9 Å². The molecule has 0 radical (unpaired) electrons. The number of rotatable bonds is 5. The molecule has 0 aliphatic carbocycles. The molecule has 8 nitrogen and oxygen atoms in total. The van der Waals surface area contributed by atoms with Crippen molar-refractivity contribution in [1.29, 1.82) is 0 Å². The van der Waals surface area contributed by atoms with Crippen molar-refractivity contribution in [2.75, 3.05) is 7.11 Å². The minimum atomic E-state index is -0.776. The van der Waals surface area contributed by atoms with Crippen LogP contribution >= 0.6 is 0 Å². The van der Waals surface area contributed by atoms with Gasteiger partial charge < -0.3 is 24.1 Å². The molecule has 128 valence electrons. The summed E-state index contributed by atoms with van der Waals surface area (Å²) in [5.41, 5.74) is 0.620. The molecule has 0 saturated carbocycles. The summed E-state index contributed by atoms with van der Waals surface area (Å²) >= 11 is 0. The quantitative estimate of drug-likeness (QED) is 0.680. The van der Waals surface area contributed by atoms with Crippen LogP contribution in [0, 0.1) is 0 Å². The van der Waals surface area contributed by atoms with E-state index in [0.29, 0.717) is 11.3 Å². The van der Waals surface area contributed by atoms with Crippen molar-refractivity contribution in [2.45, 2.75) is 6.61 Å². The highest BCUT2D eigenvalue weighted by molar-refractivity contribution is 5.92. The van der Waals surface area contributed by atoms with Gasteiger partial charge in [-0.2, -0.15) is 0 Å². The third-order valence-corrected chi connectivity index (χ3v) is 3.33. The van der Waals surface area contributed by atoms with Crippen molar-refractivity contribution in [1.82, 2.24) is 10.2 Å². The fraction of sp³-hybridized carbons (Fsp3) is 0.118. The van der Waals surface area contributed by atoms with Crippen LogP contribution in [0.3, 0.4) is 0 Å². The Bertz CT molecular complexity index is 888. The predicted octanol–water partition coefficient (Wildman–Crippen LogP) is 2.51. The Labute approximate surface area is 142 Å². The topological polar surface area (TPSA) is 115 Å². The number of carbonyl (C=O) groups is 1. The van der Waals surface area contributed by atoms with Crippen LogP contribution in [0.1, 0.15) is 16.2 Å². The Morgan fingerprint density at radius 3 is 2.56 bits per heavy atom. The minimum absolute atomic E-state index is 0.0762. The lowest BCUT2D eigenvalue weighted by molar-refractivity contribution is 0.0435. The van der Waals surface area contributed by atoms with Gasteiger partial charge in [0.1, 0.15) is 22.8 Å². The largest absolute Gasteiger partial charge is 0.508 e. The van der Waals surface area contributed by atoms with Gasteiger partial charge >= 0.3 is 5.97 Å². The molecule has 0 fully saturated rings. The smallest absolute Gasteiger partial charge is 0.342 e. The van der Waals surface area contributed by atoms with Gasteiger partial charge in [-0.1, -0.05) is 0 Å². The fourth-order valence-electron chi connectivity index (χ4n) is 2.06. The number of hydrogen-bond donors (Lipinski definition) is 2. The molecule has 0 aliphatic rings. The first-order chi connectivity index (χ1) is 12.1. The van der Waals surface area contributed by atoms with Gasteiger partial charge in [-0.15, -0.1) is 10.2 Å². The molecule has 2 N–H and O–H groups in total. The predicted molar refractivity (Wildman–Crippen MR) is 85.2 cm³/mol. The maximum Gasteiger partial charge on any atom is 0.342 e. The highest BCUT2D eigenvalue weighted by Crippen LogP contribution is 2.24. The van der Waals surface area contributed by atoms with E-state index in [1.54, 1.807) is 31.4 Å². The summed E-state index contributed by atoms with van der Waals surface area (Å²) in [4.78, 5) is 11.9. The molecule has 3 rings (SSSR count). The number of nitrogens with zero attached hydrogens (tertiary/aromatic N) is 2. The Morgan fingerprint density at radius 1 is 1.12 bits per heavy atom. The molecule has 0 unspecified atom stereocenters. The first-order valence-corrected chi connectivity index (χ1v) is 7.22. The Morgan fingerprint density at radius 2 is 1.88 bits per heavy atom. The van der Waals surface area contributed by atoms with E-state index in [1.807, 2.05) is 0 Å². The normalized spacial score (nSPS) is 10.4. The Balaban J connectivity index is 1.66. The van der Waals surface area contributed by atoms with Crippen LogP contribution in [-0.4, -0.2) is 33.5 Å². The Hall–Kier alpha value is -3.55. The van der Waals surface area contributed by atoms with E-state index in [1.165, 1.54) is 12.1 Å². The van der Waals surface area contributed by atoms with Crippen molar-refractivity contribution >= 4 is 5.97 Å². The molecule has 0 atom stereocenters. The molecule has 3 aromatic rings. The second-order valence-electron chi connectivity index (χ2n) is 5.01. The lowest BCUT2D eigenvalue weighted by Gasteiger charge is -2.04. The fourth-order valence-corrected chi connectivity index (χ4v) is 2.06. The maximum atomic E-state index is 11.9. The van der Waals surface area contributed by atoms with Gasteiger partial charge in [0.2, 0.25) is 5.89 Å². The second kappa shape index (κ2) is 6.91. The molecule has 1 heterocycles. The van der Waals surface area contributed by atoms with E-state index in [4.69, 9.17) is 13.9 Å². The average Bonchev–Trinajstić information content (AvgIpc) is 3.09. The Kier molecular flexibility index (Phi) is 4.51. The first kappa shape index (κ1) is 16.3. The number of hydrogen-bond acceptors (Lipinski definition) is 8. The van der Waals surface area contributed by atoms with Crippen LogP contribution in [0.25, 0.3) is 11.5 Å². The number of phenolic OH excluding ortho intramolecular Hbond substituents is 2. The molecule has 0 aliphatic heterocycles. The van der Waals surface area contributed by atoms with Crippen LogP contribution in [0.4, 0.5) is 0 Å². The molecule has 0 bridgehead atoms. The van der Waals surface area contributed by atoms with E-state index in [0.717, 1.165) is 6.07 Å². The van der Waals surface area contributed by atoms with Crippen molar-refractivity contribution in [3.05, 3.63) is 53.9 Å². The average molecular weight is 342 g/mol. The van der Waals surface area contributed by atoms with Gasteiger partial charge in [-0.05, 0) is 36.4 Å². The monoisotopic (exact) mass is 342 g/mol. The summed E-state index contributed by atoms with van der Waals surface area (Å²) < 4.78 is 15.5. The van der Waals surface area contributed by atoms with Crippen LogP contribution in [-0.2, 0) is 11.3 Å². The molecule has 0 spiro atoms. The number of carbonyl (C=O) groups excluding carboxylic acids is 1. The molecular weight excluding hydrogens is 328 g/mol. The minimum Gasteiger partial charge on any atom is -0.508 e. The molecule has 2 aromatic carbocycles. The molecule has 1 aromatic heterocycles. The van der Waals surface area contributed by atoms with E-state index in [-0.39, 0.29) is 35.5 Å². The van der Waals surface area contributed by atoms with Gasteiger partial charge in [-0.25, -0.2) is 4.79 Å². The van der Waals surface area contributed by atoms with Crippen LogP contribution in [0.15, 0.2) is 46.9 Å². The number of ether oxygens (including phenoxy) is 2. The van der Waals surface area contributed by atoms with Crippen molar-refractivity contribution in [3.63, 3.8) is 0 Å². The molecule has 25 heavy (non-hydrogen) atoms. The van der Waals surface area contributed by atoms with E-state index < -0.39 is 5.97 Å². The number of phenols is 2. The molecular formula is C17H14N2O6. The van der Waals surface area contributed by atoms with Gasteiger partial charge in [-0.3, -0.25) is 0 Å². The summed E-state index contributed by atoms with van der Waals surface area (Å²) in [6.45, 7) is -0.248. The first-order valence-electron chi connectivity index (χ1n) is 7.22. The summed E-state index contributed by atoms with van der Waals surface area (Å²) in [7, 11) is 1.57.